The Balaban J connectivity index is 2.41. The average molecular weight is 179 g/mol. The Morgan fingerprint density at radius 3 is 2.33 bits per heavy atom. The van der Waals surface area contributed by atoms with E-state index >= 15 is 0 Å². The van der Waals surface area contributed by atoms with E-state index in [0.717, 1.165) is 24.2 Å². The highest BCUT2D eigenvalue weighted by Crippen LogP contribution is 2.24. The van der Waals surface area contributed by atoms with Crippen LogP contribution in [0.5, 0.6) is 0 Å². The number of hydrogen-bond donors (Lipinski definition) is 0. The molecule has 1 heterocycles. The zero-order valence-electron chi connectivity index (χ0n) is 7.35. The maximum absolute atomic E-state index is 13.0. The summed E-state index contributed by atoms with van der Waals surface area (Å²) in [5, 5.41) is 0. The van der Waals surface area contributed by atoms with E-state index in [1.54, 1.807) is 6.92 Å². The van der Waals surface area contributed by atoms with Crippen molar-refractivity contribution in [2.24, 2.45) is 0 Å². The molecule has 1 saturated heterocycles. The Hall–Kier alpha value is -0.220. The van der Waals surface area contributed by atoms with Gasteiger partial charge in [-0.15, -0.1) is 0 Å². The van der Waals surface area contributed by atoms with E-state index in [-0.39, 0.29) is 6.61 Å². The molecule has 0 aromatic heterocycles. The molecule has 0 amide bonds. The predicted octanol–water partition coefficient (Wildman–Crippen LogP) is 2.06. The third kappa shape index (κ3) is 2.38. The molecule has 1 fully saturated rings. The van der Waals surface area contributed by atoms with Crippen molar-refractivity contribution in [2.45, 2.75) is 32.4 Å². The molecule has 72 valence electrons. The first-order valence-corrected chi connectivity index (χ1v) is 4.43. The van der Waals surface area contributed by atoms with Gasteiger partial charge in [0.05, 0.1) is 6.61 Å². The number of nitrogens with zero attached hydrogens (tertiary/aromatic N) is 1. The second kappa shape index (κ2) is 4.14. The standard InChI is InChI=1S/C8H15F2NO/c1-2-12-8(9,10)11-6-4-3-5-7-11/h2-7H2,1H3. The minimum atomic E-state index is -3.05. The Morgan fingerprint density at radius 2 is 1.83 bits per heavy atom. The number of rotatable bonds is 3. The van der Waals surface area contributed by atoms with Gasteiger partial charge in [0.25, 0.3) is 0 Å². The van der Waals surface area contributed by atoms with Gasteiger partial charge in [-0.25, -0.2) is 4.90 Å². The maximum Gasteiger partial charge on any atom is 0.424 e. The van der Waals surface area contributed by atoms with E-state index < -0.39 is 6.23 Å². The molecular weight excluding hydrogens is 164 g/mol. The van der Waals surface area contributed by atoms with Crippen LogP contribution in [0, 0.1) is 0 Å². The van der Waals surface area contributed by atoms with Gasteiger partial charge < -0.3 is 4.74 Å². The lowest BCUT2D eigenvalue weighted by molar-refractivity contribution is -0.327. The summed E-state index contributed by atoms with van der Waals surface area (Å²) in [6.45, 7) is 2.54. The van der Waals surface area contributed by atoms with Gasteiger partial charge in [0.2, 0.25) is 0 Å². The van der Waals surface area contributed by atoms with Gasteiger partial charge in [0, 0.05) is 13.1 Å². The van der Waals surface area contributed by atoms with Gasteiger partial charge >= 0.3 is 6.23 Å². The largest absolute Gasteiger partial charge is 0.424 e. The lowest BCUT2D eigenvalue weighted by atomic mass is 10.1. The van der Waals surface area contributed by atoms with Crippen molar-refractivity contribution in [2.75, 3.05) is 19.7 Å². The smallest absolute Gasteiger partial charge is 0.307 e. The van der Waals surface area contributed by atoms with Gasteiger partial charge in [0.15, 0.2) is 0 Å². The number of piperidine rings is 1. The first kappa shape index (κ1) is 9.86. The molecule has 0 aromatic rings. The Kier molecular flexibility index (Phi) is 3.40. The van der Waals surface area contributed by atoms with Gasteiger partial charge in [-0.1, -0.05) is 6.42 Å². The first-order valence-electron chi connectivity index (χ1n) is 4.43. The molecule has 0 N–H and O–H groups in total. The average Bonchev–Trinajstić information content (AvgIpc) is 2.06. The fraction of sp³-hybridized carbons (Fsp3) is 1.00. The van der Waals surface area contributed by atoms with Crippen LogP contribution in [-0.2, 0) is 4.74 Å². The summed E-state index contributed by atoms with van der Waals surface area (Å²) >= 11 is 0. The molecule has 4 heteroatoms. The SMILES string of the molecule is CCOC(F)(F)N1CCCCC1. The van der Waals surface area contributed by atoms with E-state index in [2.05, 4.69) is 4.74 Å². The van der Waals surface area contributed by atoms with Crippen molar-refractivity contribution in [1.29, 1.82) is 0 Å². The van der Waals surface area contributed by atoms with Crippen molar-refractivity contribution in [1.82, 2.24) is 4.90 Å². The Morgan fingerprint density at radius 1 is 1.25 bits per heavy atom. The Bertz CT molecular complexity index is 135. The van der Waals surface area contributed by atoms with Crippen LogP contribution in [0.3, 0.4) is 0 Å². The fourth-order valence-electron chi connectivity index (χ4n) is 1.42. The molecular formula is C8H15F2NO. The summed E-state index contributed by atoms with van der Waals surface area (Å²) in [6, 6.07) is 0. The molecule has 0 aromatic carbocycles. The van der Waals surface area contributed by atoms with Crippen molar-refractivity contribution >= 4 is 0 Å². The van der Waals surface area contributed by atoms with E-state index in [1.165, 1.54) is 0 Å². The molecule has 0 atom stereocenters. The van der Waals surface area contributed by atoms with Crippen LogP contribution in [0.4, 0.5) is 8.78 Å². The van der Waals surface area contributed by atoms with E-state index in [4.69, 9.17) is 0 Å². The molecule has 1 rings (SSSR count). The summed E-state index contributed by atoms with van der Waals surface area (Å²) in [5.41, 5.74) is 0. The molecule has 0 saturated carbocycles. The number of ether oxygens (including phenoxy) is 1. The van der Waals surface area contributed by atoms with E-state index in [0.29, 0.717) is 13.1 Å². The molecule has 0 unspecified atom stereocenters. The molecule has 0 aliphatic carbocycles. The van der Waals surface area contributed by atoms with Crippen LogP contribution < -0.4 is 0 Å². The minimum Gasteiger partial charge on any atom is -0.307 e. The number of hydrogen-bond acceptors (Lipinski definition) is 2. The van der Waals surface area contributed by atoms with Crippen molar-refractivity contribution in [3.05, 3.63) is 0 Å². The third-order valence-corrected chi connectivity index (χ3v) is 2.04. The molecule has 2 nitrogen and oxygen atoms in total. The lowest BCUT2D eigenvalue weighted by Gasteiger charge is -2.32. The second-order valence-corrected chi connectivity index (χ2v) is 2.97. The van der Waals surface area contributed by atoms with Gasteiger partial charge in [-0.05, 0) is 19.8 Å². The lowest BCUT2D eigenvalue weighted by Crippen LogP contribution is -2.46. The van der Waals surface area contributed by atoms with Gasteiger partial charge in [-0.3, -0.25) is 0 Å². The summed E-state index contributed by atoms with van der Waals surface area (Å²) < 4.78 is 30.4. The summed E-state index contributed by atoms with van der Waals surface area (Å²) in [5.74, 6) is 0. The summed E-state index contributed by atoms with van der Waals surface area (Å²) in [7, 11) is 0. The highest BCUT2D eigenvalue weighted by molar-refractivity contribution is 4.66. The van der Waals surface area contributed by atoms with E-state index in [9.17, 15) is 8.78 Å². The van der Waals surface area contributed by atoms with Crippen molar-refractivity contribution in [3.63, 3.8) is 0 Å². The number of alkyl halides is 2. The van der Waals surface area contributed by atoms with Crippen LogP contribution >= 0.6 is 0 Å². The predicted molar refractivity (Wildman–Crippen MR) is 42.0 cm³/mol. The molecule has 1 aliphatic heterocycles. The van der Waals surface area contributed by atoms with Crippen LogP contribution in [0.2, 0.25) is 0 Å². The Labute approximate surface area is 71.5 Å². The van der Waals surface area contributed by atoms with Gasteiger partial charge in [-0.2, -0.15) is 8.78 Å². The monoisotopic (exact) mass is 179 g/mol. The summed E-state index contributed by atoms with van der Waals surface area (Å²) in [6.07, 6.45) is -0.292. The zero-order valence-corrected chi connectivity index (χ0v) is 7.35. The van der Waals surface area contributed by atoms with Crippen LogP contribution in [0.1, 0.15) is 26.2 Å². The maximum atomic E-state index is 13.0. The quantitative estimate of drug-likeness (QED) is 0.615. The van der Waals surface area contributed by atoms with Crippen LogP contribution in [-0.4, -0.2) is 30.8 Å². The van der Waals surface area contributed by atoms with Crippen LogP contribution in [0.25, 0.3) is 0 Å². The molecule has 0 radical (unpaired) electrons. The highest BCUT2D eigenvalue weighted by atomic mass is 19.3. The molecule has 12 heavy (non-hydrogen) atoms. The van der Waals surface area contributed by atoms with Crippen molar-refractivity contribution in [3.8, 4) is 0 Å². The molecule has 0 spiro atoms. The molecule has 0 bridgehead atoms. The number of likely N-dealkylation sites (tertiary alicyclic amines) is 1. The van der Waals surface area contributed by atoms with Crippen LogP contribution in [0.15, 0.2) is 0 Å². The normalized spacial score (nSPS) is 21.2. The van der Waals surface area contributed by atoms with Gasteiger partial charge in [0.1, 0.15) is 0 Å². The zero-order chi connectivity index (χ0) is 9.03. The highest BCUT2D eigenvalue weighted by Gasteiger charge is 2.38. The molecule has 1 aliphatic rings. The third-order valence-electron chi connectivity index (χ3n) is 2.04. The number of halogens is 2. The topological polar surface area (TPSA) is 12.5 Å². The van der Waals surface area contributed by atoms with E-state index in [1.807, 2.05) is 0 Å². The van der Waals surface area contributed by atoms with Crippen molar-refractivity contribution < 1.29 is 13.5 Å². The fourth-order valence-corrected chi connectivity index (χ4v) is 1.42. The minimum absolute atomic E-state index is 0.0590. The second-order valence-electron chi connectivity index (χ2n) is 2.97. The summed E-state index contributed by atoms with van der Waals surface area (Å²) in [4.78, 5) is 1.11. The first-order chi connectivity index (χ1) is 5.67.